The van der Waals surface area contributed by atoms with Gasteiger partial charge in [0.05, 0.1) is 5.75 Å². The highest BCUT2D eigenvalue weighted by atomic mass is 32.1. The highest BCUT2D eigenvalue weighted by Gasteiger charge is 2.20. The van der Waals surface area contributed by atoms with Crippen LogP contribution in [0.4, 0.5) is 20.1 Å². The smallest absolute Gasteiger partial charge is 0.317 e. The van der Waals surface area contributed by atoms with Crippen LogP contribution < -0.4 is 37.6 Å². The molecule has 272 valence electrons. The Labute approximate surface area is 290 Å². The average Bonchev–Trinajstić information content (AvgIpc) is 3.81. The third-order valence-electron chi connectivity index (χ3n) is 7.27. The van der Waals surface area contributed by atoms with Crippen LogP contribution in [0.1, 0.15) is 36.0 Å². The van der Waals surface area contributed by atoms with Gasteiger partial charge in [-0.05, 0) is 37.1 Å². The number of benzene rings is 1. The fourth-order valence-electron chi connectivity index (χ4n) is 4.58. The van der Waals surface area contributed by atoms with Gasteiger partial charge in [0.25, 0.3) is 5.91 Å². The van der Waals surface area contributed by atoms with Gasteiger partial charge in [0.15, 0.2) is 0 Å². The summed E-state index contributed by atoms with van der Waals surface area (Å²) in [4.78, 5) is 82.5. The first kappa shape index (κ1) is 40.2. The zero-order valence-corrected chi connectivity index (χ0v) is 28.4. The SMILES string of the molecule is Nc1ccc(C(=O)NCCN2CCNC2=O)cc1.O=C(CS)NCCN1CCNC1=O.O=C(O)CCCCC(=O)NCCN1CCNC1=O. The van der Waals surface area contributed by atoms with Gasteiger partial charge in [-0.15, -0.1) is 0 Å². The maximum absolute atomic E-state index is 11.7. The minimum absolute atomic E-state index is 0.0554. The van der Waals surface area contributed by atoms with Crippen molar-refractivity contribution >= 4 is 60.1 Å². The number of nitrogens with two attached hydrogens (primary N) is 1. The van der Waals surface area contributed by atoms with Crippen molar-refractivity contribution in [2.75, 3.05) is 90.0 Å². The summed E-state index contributed by atoms with van der Waals surface area (Å²) in [6.07, 6.45) is 1.51. The average molecular weight is 709 g/mol. The van der Waals surface area contributed by atoms with Gasteiger partial charge in [0.2, 0.25) is 11.8 Å². The zero-order valence-electron chi connectivity index (χ0n) is 27.5. The Morgan fingerprint density at radius 3 is 1.53 bits per heavy atom. The number of unbranched alkanes of at least 4 members (excludes halogenated alkanes) is 1. The number of aliphatic carboxylic acids is 1. The van der Waals surface area contributed by atoms with Gasteiger partial charge < -0.3 is 57.4 Å². The molecule has 0 radical (unpaired) electrons. The van der Waals surface area contributed by atoms with Gasteiger partial charge in [-0.1, -0.05) is 0 Å². The molecule has 4 rings (SSSR count). The first-order chi connectivity index (χ1) is 23.5. The van der Waals surface area contributed by atoms with E-state index in [9.17, 15) is 33.6 Å². The molecule has 3 aliphatic rings. The summed E-state index contributed by atoms with van der Waals surface area (Å²) < 4.78 is 0. The number of amides is 9. The van der Waals surface area contributed by atoms with Gasteiger partial charge in [-0.2, -0.15) is 12.6 Å². The van der Waals surface area contributed by atoms with E-state index in [1.165, 1.54) is 0 Å². The van der Waals surface area contributed by atoms with Crippen LogP contribution in [-0.4, -0.2) is 146 Å². The molecule has 0 atom stereocenters. The van der Waals surface area contributed by atoms with Crippen molar-refractivity contribution in [1.29, 1.82) is 0 Å². The predicted molar refractivity (Wildman–Crippen MR) is 184 cm³/mol. The number of carboxylic acids is 1. The van der Waals surface area contributed by atoms with E-state index >= 15 is 0 Å². The minimum atomic E-state index is -0.838. The van der Waals surface area contributed by atoms with Crippen molar-refractivity contribution in [1.82, 2.24) is 46.6 Å². The standard InChI is InChI=1S/C12H16N4O2.C11H19N3O4.C7H13N3O2S/c13-10-3-1-9(2-4-10)11(17)14-5-7-16-8-6-15-12(16)18;15-9(3-1-2-4-10(16)17)12-5-7-14-8-6-13-11(14)18;11-6(5-13)8-1-3-10-4-2-9-7(10)12/h1-4H,5-8,13H2,(H,14,17)(H,15,18);1-8H2,(H,12,15)(H,13,18)(H,16,17);13H,1-5H2,(H,8,11)(H,9,12). The number of nitrogens with zero attached hydrogens (tertiary/aromatic N) is 3. The van der Waals surface area contributed by atoms with E-state index in [0.717, 1.165) is 6.54 Å². The second-order valence-corrected chi connectivity index (χ2v) is 11.3. The number of thiol groups is 1. The first-order valence-corrected chi connectivity index (χ1v) is 16.7. The minimum Gasteiger partial charge on any atom is -0.481 e. The Morgan fingerprint density at radius 2 is 1.12 bits per heavy atom. The molecular weight excluding hydrogens is 660 g/mol. The topological polar surface area (TPSA) is 248 Å². The quantitative estimate of drug-likeness (QED) is 0.0571. The molecule has 3 heterocycles. The second kappa shape index (κ2) is 22.6. The van der Waals surface area contributed by atoms with Gasteiger partial charge >= 0.3 is 24.1 Å². The molecule has 3 fully saturated rings. The van der Waals surface area contributed by atoms with Crippen LogP contribution >= 0.6 is 12.6 Å². The van der Waals surface area contributed by atoms with Crippen LogP contribution in [-0.2, 0) is 14.4 Å². The molecule has 1 aromatic rings. The van der Waals surface area contributed by atoms with E-state index < -0.39 is 5.97 Å². The number of hydrogen-bond acceptors (Lipinski definition) is 9. The number of rotatable bonds is 16. The van der Waals surface area contributed by atoms with E-state index in [0.29, 0.717) is 103 Å². The monoisotopic (exact) mass is 708 g/mol. The molecule has 0 aromatic heterocycles. The van der Waals surface area contributed by atoms with Crippen molar-refractivity contribution in [2.45, 2.75) is 25.7 Å². The zero-order chi connectivity index (χ0) is 36.0. The van der Waals surface area contributed by atoms with Crippen molar-refractivity contribution in [2.24, 2.45) is 0 Å². The predicted octanol–water partition coefficient (Wildman–Crippen LogP) is -1.15. The van der Waals surface area contributed by atoms with E-state index in [4.69, 9.17) is 10.8 Å². The molecule has 3 aliphatic heterocycles. The lowest BCUT2D eigenvalue weighted by atomic mass is 10.2. The number of carbonyl (C=O) groups is 7. The molecule has 0 bridgehead atoms. The maximum atomic E-state index is 11.7. The molecule has 0 saturated carbocycles. The molecule has 1 aromatic carbocycles. The Bertz CT molecular complexity index is 1270. The normalized spacial score (nSPS) is 14.8. The second-order valence-electron chi connectivity index (χ2n) is 11.0. The number of urea groups is 3. The van der Waals surface area contributed by atoms with Crippen LogP contribution in [0.25, 0.3) is 0 Å². The molecule has 9 N–H and O–H groups in total. The maximum Gasteiger partial charge on any atom is 0.317 e. The number of hydrogen-bond donors (Lipinski definition) is 9. The summed E-state index contributed by atoms with van der Waals surface area (Å²) in [6.45, 7) is 7.06. The van der Waals surface area contributed by atoms with Crippen LogP contribution in [0.3, 0.4) is 0 Å². The van der Waals surface area contributed by atoms with Crippen molar-refractivity contribution in [3.63, 3.8) is 0 Å². The highest BCUT2D eigenvalue weighted by Crippen LogP contribution is 2.05. The summed E-state index contributed by atoms with van der Waals surface area (Å²) >= 11 is 3.81. The van der Waals surface area contributed by atoms with E-state index in [1.54, 1.807) is 39.0 Å². The Hall–Kier alpha value is -4.94. The van der Waals surface area contributed by atoms with Crippen LogP contribution in [0.2, 0.25) is 0 Å². The van der Waals surface area contributed by atoms with E-state index in [1.807, 2.05) is 0 Å². The van der Waals surface area contributed by atoms with E-state index in [-0.39, 0.29) is 48.0 Å². The largest absolute Gasteiger partial charge is 0.481 e. The number of nitrogen functional groups attached to an aromatic ring is 1. The molecular formula is C30H48N10O8S. The lowest BCUT2D eigenvalue weighted by Gasteiger charge is -2.14. The number of nitrogens with one attached hydrogen (secondary N) is 6. The number of carboxylic acid groups (broad SMARTS) is 1. The Morgan fingerprint density at radius 1 is 0.694 bits per heavy atom. The molecule has 18 nitrogen and oxygen atoms in total. The summed E-state index contributed by atoms with van der Waals surface area (Å²) in [5.74, 6) is -1.01. The van der Waals surface area contributed by atoms with Crippen LogP contribution in [0, 0.1) is 0 Å². The summed E-state index contributed by atoms with van der Waals surface area (Å²) in [6, 6.07) is 6.49. The first-order valence-electron chi connectivity index (χ1n) is 16.1. The number of carbonyl (C=O) groups excluding carboxylic acids is 6. The Kier molecular flexibility index (Phi) is 18.6. The van der Waals surface area contributed by atoms with Crippen LogP contribution in [0.15, 0.2) is 24.3 Å². The summed E-state index contributed by atoms with van der Waals surface area (Å²) in [5, 5.41) is 24.6. The Balaban J connectivity index is 0.000000259. The highest BCUT2D eigenvalue weighted by molar-refractivity contribution is 7.81. The molecule has 0 aliphatic carbocycles. The van der Waals surface area contributed by atoms with E-state index in [2.05, 4.69) is 44.5 Å². The van der Waals surface area contributed by atoms with Gasteiger partial charge in [0, 0.05) is 103 Å². The third-order valence-corrected chi connectivity index (χ3v) is 7.56. The fraction of sp³-hybridized carbons (Fsp3) is 0.567. The van der Waals surface area contributed by atoms with Gasteiger partial charge in [-0.3, -0.25) is 19.2 Å². The molecule has 19 heteroatoms. The molecule has 0 unspecified atom stereocenters. The molecule has 0 spiro atoms. The lowest BCUT2D eigenvalue weighted by molar-refractivity contribution is -0.137. The summed E-state index contributed by atoms with van der Waals surface area (Å²) in [7, 11) is 0. The lowest BCUT2D eigenvalue weighted by Crippen LogP contribution is -2.37. The van der Waals surface area contributed by atoms with Crippen molar-refractivity contribution < 1.29 is 38.7 Å². The summed E-state index contributed by atoms with van der Waals surface area (Å²) in [5.41, 5.74) is 6.73. The van der Waals surface area contributed by atoms with Crippen LogP contribution in [0.5, 0.6) is 0 Å². The molecule has 49 heavy (non-hydrogen) atoms. The fourth-order valence-corrected chi connectivity index (χ4v) is 4.69. The van der Waals surface area contributed by atoms with Crippen molar-refractivity contribution in [3.8, 4) is 0 Å². The van der Waals surface area contributed by atoms with Gasteiger partial charge in [0.1, 0.15) is 0 Å². The number of anilines is 1. The third kappa shape index (κ3) is 16.6. The molecule has 3 saturated heterocycles. The van der Waals surface area contributed by atoms with Gasteiger partial charge in [-0.25, -0.2) is 14.4 Å². The van der Waals surface area contributed by atoms with Crippen molar-refractivity contribution in [3.05, 3.63) is 29.8 Å². The molecule has 9 amide bonds.